The van der Waals surface area contributed by atoms with Crippen LogP contribution in [0, 0.1) is 0 Å². The number of halogens is 1. The van der Waals surface area contributed by atoms with Crippen LogP contribution in [0.5, 0.6) is 5.75 Å². The number of nitrogens with two attached hydrogens (primary N) is 1. The van der Waals surface area contributed by atoms with E-state index in [-0.39, 0.29) is 0 Å². The van der Waals surface area contributed by atoms with Gasteiger partial charge in [-0.2, -0.15) is 0 Å². The Morgan fingerprint density at radius 1 is 1.40 bits per heavy atom. The Labute approximate surface area is 119 Å². The van der Waals surface area contributed by atoms with Gasteiger partial charge in [0, 0.05) is 5.02 Å². The summed E-state index contributed by atoms with van der Waals surface area (Å²) in [6.45, 7) is -0.400. The van der Waals surface area contributed by atoms with Crippen LogP contribution in [0.3, 0.4) is 0 Å². The second kappa shape index (κ2) is 7.34. The average Bonchev–Trinajstić information content (AvgIpc) is 2.35. The number of ether oxygens (including phenoxy) is 1. The van der Waals surface area contributed by atoms with Gasteiger partial charge in [0.1, 0.15) is 11.8 Å². The van der Waals surface area contributed by atoms with E-state index in [1.807, 2.05) is 0 Å². The molecule has 7 nitrogen and oxygen atoms in total. The SMILES string of the molecule is NC(=O)CC(NC(=O)COc1cccc(Cl)c1)C(=O)O. The summed E-state index contributed by atoms with van der Waals surface area (Å²) in [6, 6.07) is 5.01. The maximum Gasteiger partial charge on any atom is 0.326 e. The first-order chi connectivity index (χ1) is 9.38. The van der Waals surface area contributed by atoms with Crippen LogP contribution >= 0.6 is 11.6 Å². The first-order valence-corrected chi connectivity index (χ1v) is 5.95. The minimum atomic E-state index is -1.37. The number of benzene rings is 1. The summed E-state index contributed by atoms with van der Waals surface area (Å²) in [4.78, 5) is 33.0. The lowest BCUT2D eigenvalue weighted by Crippen LogP contribution is -2.45. The molecule has 0 fully saturated rings. The van der Waals surface area contributed by atoms with Crippen LogP contribution in [-0.4, -0.2) is 35.5 Å². The minimum Gasteiger partial charge on any atom is -0.484 e. The number of nitrogens with one attached hydrogen (secondary N) is 1. The first-order valence-electron chi connectivity index (χ1n) is 5.57. The highest BCUT2D eigenvalue weighted by molar-refractivity contribution is 6.30. The molecule has 0 bridgehead atoms. The number of carboxylic acid groups (broad SMARTS) is 1. The Hall–Kier alpha value is -2.28. The highest BCUT2D eigenvalue weighted by atomic mass is 35.5. The number of primary amides is 1. The fourth-order valence-corrected chi connectivity index (χ4v) is 1.52. The molecular formula is C12H13ClN2O5. The van der Waals surface area contributed by atoms with Crippen molar-refractivity contribution in [3.63, 3.8) is 0 Å². The highest BCUT2D eigenvalue weighted by Crippen LogP contribution is 2.16. The van der Waals surface area contributed by atoms with Gasteiger partial charge in [-0.05, 0) is 18.2 Å². The van der Waals surface area contributed by atoms with Crippen LogP contribution in [0.25, 0.3) is 0 Å². The molecular weight excluding hydrogens is 288 g/mol. The van der Waals surface area contributed by atoms with Crippen molar-refractivity contribution in [2.45, 2.75) is 12.5 Å². The molecule has 0 spiro atoms. The Morgan fingerprint density at radius 2 is 2.10 bits per heavy atom. The molecule has 1 aromatic rings. The molecule has 0 heterocycles. The molecule has 0 radical (unpaired) electrons. The molecule has 0 aromatic heterocycles. The van der Waals surface area contributed by atoms with Crippen LogP contribution in [-0.2, 0) is 14.4 Å². The van der Waals surface area contributed by atoms with Crippen molar-refractivity contribution in [1.82, 2.24) is 5.32 Å². The average molecular weight is 301 g/mol. The van der Waals surface area contributed by atoms with Gasteiger partial charge in [-0.15, -0.1) is 0 Å². The smallest absolute Gasteiger partial charge is 0.326 e. The third kappa shape index (κ3) is 5.57. The summed E-state index contributed by atoms with van der Waals surface area (Å²) in [5.74, 6) is -2.48. The molecule has 1 rings (SSSR count). The van der Waals surface area contributed by atoms with Crippen molar-refractivity contribution >= 4 is 29.4 Å². The van der Waals surface area contributed by atoms with Gasteiger partial charge >= 0.3 is 5.97 Å². The Bertz CT molecular complexity index is 520. The van der Waals surface area contributed by atoms with E-state index in [1.54, 1.807) is 18.2 Å². The second-order valence-electron chi connectivity index (χ2n) is 3.87. The topological polar surface area (TPSA) is 119 Å². The van der Waals surface area contributed by atoms with E-state index >= 15 is 0 Å². The summed E-state index contributed by atoms with van der Waals surface area (Å²) >= 11 is 5.73. The Morgan fingerprint density at radius 3 is 2.65 bits per heavy atom. The van der Waals surface area contributed by atoms with Gasteiger partial charge in [-0.25, -0.2) is 4.79 Å². The quantitative estimate of drug-likeness (QED) is 0.663. The van der Waals surface area contributed by atoms with Crippen LogP contribution < -0.4 is 15.8 Å². The van der Waals surface area contributed by atoms with Crippen LogP contribution in [0.2, 0.25) is 5.02 Å². The summed E-state index contributed by atoms with van der Waals surface area (Å²) < 4.78 is 5.13. The number of aliphatic carboxylic acids is 1. The molecule has 1 aromatic carbocycles. The van der Waals surface area contributed by atoms with E-state index in [4.69, 9.17) is 27.2 Å². The summed E-state index contributed by atoms with van der Waals surface area (Å²) in [5, 5.41) is 11.4. The fourth-order valence-electron chi connectivity index (χ4n) is 1.34. The van der Waals surface area contributed by atoms with Crippen LogP contribution in [0.1, 0.15) is 6.42 Å². The predicted molar refractivity (Wildman–Crippen MR) is 70.3 cm³/mol. The number of amides is 2. The zero-order chi connectivity index (χ0) is 15.1. The second-order valence-corrected chi connectivity index (χ2v) is 4.31. The third-order valence-electron chi connectivity index (χ3n) is 2.20. The normalized spacial score (nSPS) is 11.4. The van der Waals surface area contributed by atoms with E-state index in [1.165, 1.54) is 6.07 Å². The molecule has 0 aliphatic heterocycles. The predicted octanol–water partition coefficient (Wildman–Crippen LogP) is 0.164. The molecule has 20 heavy (non-hydrogen) atoms. The monoisotopic (exact) mass is 300 g/mol. The first kappa shape index (κ1) is 15.8. The van der Waals surface area contributed by atoms with Crippen molar-refractivity contribution in [2.75, 3.05) is 6.61 Å². The van der Waals surface area contributed by atoms with E-state index in [9.17, 15) is 14.4 Å². The number of hydrogen-bond acceptors (Lipinski definition) is 4. The van der Waals surface area contributed by atoms with Gasteiger partial charge in [-0.3, -0.25) is 9.59 Å². The van der Waals surface area contributed by atoms with Crippen LogP contribution in [0.15, 0.2) is 24.3 Å². The number of carbonyl (C=O) groups excluding carboxylic acids is 2. The molecule has 1 unspecified atom stereocenters. The Balaban J connectivity index is 2.49. The molecule has 0 aliphatic rings. The molecule has 2 amide bonds. The van der Waals surface area contributed by atoms with Crippen molar-refractivity contribution in [2.24, 2.45) is 5.73 Å². The van der Waals surface area contributed by atoms with Gasteiger partial charge in [0.05, 0.1) is 6.42 Å². The van der Waals surface area contributed by atoms with E-state index < -0.39 is 36.9 Å². The van der Waals surface area contributed by atoms with Crippen molar-refractivity contribution in [1.29, 1.82) is 0 Å². The van der Waals surface area contributed by atoms with Gasteiger partial charge in [0.25, 0.3) is 5.91 Å². The molecule has 1 atom stereocenters. The molecule has 0 saturated carbocycles. The largest absolute Gasteiger partial charge is 0.484 e. The van der Waals surface area contributed by atoms with Crippen molar-refractivity contribution < 1.29 is 24.2 Å². The van der Waals surface area contributed by atoms with E-state index in [0.717, 1.165) is 0 Å². The zero-order valence-electron chi connectivity index (χ0n) is 10.3. The van der Waals surface area contributed by atoms with Gasteiger partial charge in [0.2, 0.25) is 5.91 Å². The zero-order valence-corrected chi connectivity index (χ0v) is 11.1. The Kier molecular flexibility index (Phi) is 5.79. The molecule has 108 valence electrons. The van der Waals surface area contributed by atoms with E-state index in [2.05, 4.69) is 5.32 Å². The number of carboxylic acids is 1. The summed E-state index contributed by atoms with van der Waals surface area (Å²) in [6.07, 6.45) is -0.488. The highest BCUT2D eigenvalue weighted by Gasteiger charge is 2.22. The van der Waals surface area contributed by atoms with E-state index in [0.29, 0.717) is 10.8 Å². The maximum atomic E-state index is 11.5. The number of hydrogen-bond donors (Lipinski definition) is 3. The van der Waals surface area contributed by atoms with Gasteiger partial charge in [0.15, 0.2) is 6.61 Å². The molecule has 4 N–H and O–H groups in total. The number of carbonyl (C=O) groups is 3. The molecule has 0 aliphatic carbocycles. The molecule has 8 heteroatoms. The van der Waals surface area contributed by atoms with Crippen molar-refractivity contribution in [3.05, 3.63) is 29.3 Å². The van der Waals surface area contributed by atoms with Gasteiger partial charge in [-0.1, -0.05) is 17.7 Å². The third-order valence-corrected chi connectivity index (χ3v) is 2.44. The lowest BCUT2D eigenvalue weighted by Gasteiger charge is -2.13. The summed E-state index contributed by atoms with van der Waals surface area (Å²) in [5.41, 5.74) is 4.89. The van der Waals surface area contributed by atoms with Crippen molar-refractivity contribution in [3.8, 4) is 5.75 Å². The molecule has 0 saturated heterocycles. The van der Waals surface area contributed by atoms with Gasteiger partial charge < -0.3 is 20.9 Å². The fraction of sp³-hybridized carbons (Fsp3) is 0.250. The van der Waals surface area contributed by atoms with Crippen LogP contribution in [0.4, 0.5) is 0 Å². The number of rotatable bonds is 7. The lowest BCUT2D eigenvalue weighted by atomic mass is 10.2. The lowest BCUT2D eigenvalue weighted by molar-refractivity contribution is -0.143. The standard InChI is InChI=1S/C12H13ClN2O5/c13-7-2-1-3-8(4-7)20-6-11(17)15-9(12(18)19)5-10(14)16/h1-4,9H,5-6H2,(H2,14,16)(H,15,17)(H,18,19). The maximum absolute atomic E-state index is 11.5. The summed E-state index contributed by atoms with van der Waals surface area (Å²) in [7, 11) is 0. The minimum absolute atomic E-state index is 0.370.